The molecule has 1 atom stereocenters. The quantitative estimate of drug-likeness (QED) is 0.198. The zero-order valence-electron chi connectivity index (χ0n) is 21.7. The molecule has 0 saturated carbocycles. The molecular formula is C33H33N3O2. The van der Waals surface area contributed by atoms with E-state index in [4.69, 9.17) is 9.72 Å². The van der Waals surface area contributed by atoms with Crippen molar-refractivity contribution >= 4 is 16.9 Å². The smallest absolute Gasteiger partial charge is 0.224 e. The van der Waals surface area contributed by atoms with Crippen molar-refractivity contribution in [3.05, 3.63) is 121 Å². The van der Waals surface area contributed by atoms with Crippen LogP contribution < -0.4 is 10.1 Å². The van der Waals surface area contributed by atoms with Gasteiger partial charge in [0.15, 0.2) is 0 Å². The second kappa shape index (κ2) is 12.2. The highest BCUT2D eigenvalue weighted by molar-refractivity contribution is 5.80. The molecule has 1 N–H and O–H groups in total. The van der Waals surface area contributed by atoms with E-state index >= 15 is 0 Å². The molecule has 5 nitrogen and oxygen atoms in total. The third-order valence-corrected chi connectivity index (χ3v) is 6.66. The summed E-state index contributed by atoms with van der Waals surface area (Å²) in [6.07, 6.45) is 2.21. The van der Waals surface area contributed by atoms with E-state index in [0.717, 1.165) is 53.1 Å². The lowest BCUT2D eigenvalue weighted by Gasteiger charge is -2.17. The molecule has 1 amide bonds. The maximum absolute atomic E-state index is 12.9. The van der Waals surface area contributed by atoms with Crippen LogP contribution in [0.1, 0.15) is 37.2 Å². The molecular weight excluding hydrogens is 470 g/mol. The number of carbonyl (C=O) groups is 1. The molecule has 38 heavy (non-hydrogen) atoms. The molecule has 0 spiro atoms. The number of fused-ring (bicyclic) bond motifs is 1. The summed E-state index contributed by atoms with van der Waals surface area (Å²) in [4.78, 5) is 17.8. The van der Waals surface area contributed by atoms with Gasteiger partial charge in [0.25, 0.3) is 0 Å². The summed E-state index contributed by atoms with van der Waals surface area (Å²) >= 11 is 0. The number of para-hydroxylation sites is 3. The molecule has 192 valence electrons. The van der Waals surface area contributed by atoms with Gasteiger partial charge in [-0.3, -0.25) is 4.79 Å². The summed E-state index contributed by atoms with van der Waals surface area (Å²) in [5.41, 5.74) is 5.33. The Labute approximate surface area is 224 Å². The van der Waals surface area contributed by atoms with Crippen LogP contribution in [0.25, 0.3) is 22.2 Å². The van der Waals surface area contributed by atoms with Gasteiger partial charge in [-0.2, -0.15) is 0 Å². The van der Waals surface area contributed by atoms with E-state index in [1.165, 1.54) is 5.56 Å². The number of hydrogen-bond donors (Lipinski definition) is 1. The SMILES string of the molecule is CC(NC(=O)Cc1ccc(-c2ccccc2)cc1)c1nc2ccccc2n1CCCCOc1ccccc1. The lowest BCUT2D eigenvalue weighted by atomic mass is 10.0. The van der Waals surface area contributed by atoms with Crippen molar-refractivity contribution < 1.29 is 9.53 Å². The van der Waals surface area contributed by atoms with E-state index in [-0.39, 0.29) is 11.9 Å². The predicted molar refractivity (Wildman–Crippen MR) is 153 cm³/mol. The molecule has 5 rings (SSSR count). The highest BCUT2D eigenvalue weighted by Crippen LogP contribution is 2.23. The second-order valence-electron chi connectivity index (χ2n) is 9.51. The van der Waals surface area contributed by atoms with Gasteiger partial charge >= 0.3 is 0 Å². The van der Waals surface area contributed by atoms with Crippen molar-refractivity contribution in [3.8, 4) is 16.9 Å². The lowest BCUT2D eigenvalue weighted by molar-refractivity contribution is -0.121. The van der Waals surface area contributed by atoms with E-state index in [9.17, 15) is 4.79 Å². The largest absolute Gasteiger partial charge is 0.494 e. The van der Waals surface area contributed by atoms with Crippen LogP contribution in [0.3, 0.4) is 0 Å². The minimum atomic E-state index is -0.209. The Morgan fingerprint density at radius 3 is 2.24 bits per heavy atom. The van der Waals surface area contributed by atoms with Gasteiger partial charge in [0.1, 0.15) is 11.6 Å². The van der Waals surface area contributed by atoms with Crippen molar-refractivity contribution in [2.24, 2.45) is 0 Å². The Bertz CT molecular complexity index is 1460. The van der Waals surface area contributed by atoms with Crippen LogP contribution in [0.2, 0.25) is 0 Å². The monoisotopic (exact) mass is 503 g/mol. The summed E-state index contributed by atoms with van der Waals surface area (Å²) in [6.45, 7) is 3.49. The van der Waals surface area contributed by atoms with Crippen LogP contribution >= 0.6 is 0 Å². The zero-order chi connectivity index (χ0) is 26.2. The molecule has 0 aliphatic rings. The maximum Gasteiger partial charge on any atom is 0.224 e. The number of aromatic nitrogens is 2. The van der Waals surface area contributed by atoms with E-state index in [1.54, 1.807) is 0 Å². The van der Waals surface area contributed by atoms with Gasteiger partial charge < -0.3 is 14.6 Å². The molecule has 5 aromatic rings. The molecule has 1 aromatic heterocycles. The maximum atomic E-state index is 12.9. The number of ether oxygens (including phenoxy) is 1. The fourth-order valence-corrected chi connectivity index (χ4v) is 4.73. The summed E-state index contributed by atoms with van der Waals surface area (Å²) in [5.74, 6) is 1.76. The predicted octanol–water partition coefficient (Wildman–Crippen LogP) is 6.98. The molecule has 0 saturated heterocycles. The van der Waals surface area contributed by atoms with Gasteiger partial charge in [-0.1, -0.05) is 84.9 Å². The number of aryl methyl sites for hydroxylation is 1. The second-order valence-corrected chi connectivity index (χ2v) is 9.51. The highest BCUT2D eigenvalue weighted by atomic mass is 16.5. The van der Waals surface area contributed by atoms with E-state index in [1.807, 2.05) is 85.8 Å². The number of nitrogens with one attached hydrogen (secondary N) is 1. The Balaban J connectivity index is 1.20. The fraction of sp³-hybridized carbons (Fsp3) is 0.212. The first kappa shape index (κ1) is 25.3. The Morgan fingerprint density at radius 2 is 1.47 bits per heavy atom. The first-order valence-electron chi connectivity index (χ1n) is 13.2. The Hall–Kier alpha value is -4.38. The van der Waals surface area contributed by atoms with Crippen LogP contribution in [-0.2, 0) is 17.8 Å². The fourth-order valence-electron chi connectivity index (χ4n) is 4.73. The summed E-state index contributed by atoms with van der Waals surface area (Å²) in [6, 6.07) is 36.3. The standard InChI is InChI=1S/C33H33N3O2/c1-25(34-32(37)24-26-18-20-28(21-19-26)27-12-4-2-5-13-27)33-35-30-16-8-9-17-31(30)36(33)22-10-11-23-38-29-14-6-3-7-15-29/h2-9,12-21,25H,10-11,22-24H2,1H3,(H,34,37). The molecule has 1 unspecified atom stereocenters. The van der Waals surface area contributed by atoms with Crippen molar-refractivity contribution in [2.75, 3.05) is 6.61 Å². The van der Waals surface area contributed by atoms with Crippen LogP contribution in [0, 0.1) is 0 Å². The van der Waals surface area contributed by atoms with Gasteiger partial charge in [-0.25, -0.2) is 4.98 Å². The van der Waals surface area contributed by atoms with Crippen molar-refractivity contribution in [3.63, 3.8) is 0 Å². The molecule has 0 bridgehead atoms. The highest BCUT2D eigenvalue weighted by Gasteiger charge is 2.18. The van der Waals surface area contributed by atoms with Crippen LogP contribution in [0.4, 0.5) is 0 Å². The third-order valence-electron chi connectivity index (χ3n) is 6.66. The number of carbonyl (C=O) groups excluding carboxylic acids is 1. The van der Waals surface area contributed by atoms with Gasteiger partial charge in [0, 0.05) is 6.54 Å². The van der Waals surface area contributed by atoms with E-state index in [0.29, 0.717) is 13.0 Å². The van der Waals surface area contributed by atoms with E-state index < -0.39 is 0 Å². The number of unbranched alkanes of at least 4 members (excludes halogenated alkanes) is 1. The lowest BCUT2D eigenvalue weighted by Crippen LogP contribution is -2.30. The molecule has 0 aliphatic carbocycles. The van der Waals surface area contributed by atoms with Gasteiger partial charge in [-0.05, 0) is 60.7 Å². The number of amides is 1. The van der Waals surface area contributed by atoms with Crippen molar-refractivity contribution in [2.45, 2.75) is 38.8 Å². The number of imidazole rings is 1. The first-order valence-corrected chi connectivity index (χ1v) is 13.2. The third kappa shape index (κ3) is 6.30. The molecule has 0 fully saturated rings. The Morgan fingerprint density at radius 1 is 0.816 bits per heavy atom. The summed E-state index contributed by atoms with van der Waals surface area (Å²) in [7, 11) is 0. The number of benzene rings is 4. The summed E-state index contributed by atoms with van der Waals surface area (Å²) < 4.78 is 8.08. The van der Waals surface area contributed by atoms with Crippen molar-refractivity contribution in [1.29, 1.82) is 0 Å². The number of rotatable bonds is 11. The molecule has 5 heteroatoms. The first-order chi connectivity index (χ1) is 18.7. The average Bonchev–Trinajstić information content (AvgIpc) is 3.33. The molecule has 0 aliphatic heterocycles. The normalized spacial score (nSPS) is 11.8. The minimum Gasteiger partial charge on any atom is -0.494 e. The topological polar surface area (TPSA) is 56.2 Å². The zero-order valence-corrected chi connectivity index (χ0v) is 21.7. The molecule has 4 aromatic carbocycles. The van der Waals surface area contributed by atoms with Gasteiger partial charge in [-0.15, -0.1) is 0 Å². The molecule has 0 radical (unpaired) electrons. The van der Waals surface area contributed by atoms with Gasteiger partial charge in [0.2, 0.25) is 5.91 Å². The van der Waals surface area contributed by atoms with Gasteiger partial charge in [0.05, 0.1) is 30.1 Å². The number of nitrogens with zero attached hydrogens (tertiary/aromatic N) is 2. The molecule has 1 heterocycles. The van der Waals surface area contributed by atoms with Crippen LogP contribution in [0.15, 0.2) is 109 Å². The van der Waals surface area contributed by atoms with E-state index in [2.05, 4.69) is 40.2 Å². The van der Waals surface area contributed by atoms with Crippen molar-refractivity contribution in [1.82, 2.24) is 14.9 Å². The average molecular weight is 504 g/mol. The van der Waals surface area contributed by atoms with Crippen LogP contribution in [0.5, 0.6) is 5.75 Å². The minimum absolute atomic E-state index is 0.0140. The Kier molecular flexibility index (Phi) is 8.14. The number of hydrogen-bond acceptors (Lipinski definition) is 3. The summed E-state index contributed by atoms with van der Waals surface area (Å²) in [5, 5.41) is 3.17. The van der Waals surface area contributed by atoms with Crippen LogP contribution in [-0.4, -0.2) is 22.1 Å².